The zero-order chi connectivity index (χ0) is 14.8. The van der Waals surface area contributed by atoms with E-state index in [1.807, 2.05) is 6.26 Å². The first-order chi connectivity index (χ1) is 9.47. The Bertz CT molecular complexity index is 577. The van der Waals surface area contributed by atoms with E-state index in [4.69, 9.17) is 5.11 Å². The standard InChI is InChI=1S/C13H18FNO3S2/c1-19-12-4-2-3-11(12)15-20(17,18)13-6-5-9(8-16)7-10(13)14/h5-7,11-12,15-16H,2-4,8H2,1H3. The molecule has 4 nitrogen and oxygen atoms in total. The van der Waals surface area contributed by atoms with E-state index < -0.39 is 15.8 Å². The minimum Gasteiger partial charge on any atom is -0.392 e. The molecule has 7 heteroatoms. The molecule has 1 aliphatic carbocycles. The van der Waals surface area contributed by atoms with Crippen LogP contribution in [0.15, 0.2) is 23.1 Å². The smallest absolute Gasteiger partial charge is 0.243 e. The van der Waals surface area contributed by atoms with Gasteiger partial charge in [-0.15, -0.1) is 0 Å². The maximum Gasteiger partial charge on any atom is 0.243 e. The summed E-state index contributed by atoms with van der Waals surface area (Å²) in [5, 5.41) is 9.16. The van der Waals surface area contributed by atoms with E-state index in [0.29, 0.717) is 5.56 Å². The van der Waals surface area contributed by atoms with Crippen molar-refractivity contribution in [2.24, 2.45) is 0 Å². The summed E-state index contributed by atoms with van der Waals surface area (Å²) in [5.41, 5.74) is 0.351. The Labute approximate surface area is 122 Å². The molecule has 0 saturated heterocycles. The van der Waals surface area contributed by atoms with Gasteiger partial charge in [0.2, 0.25) is 10.0 Å². The highest BCUT2D eigenvalue weighted by Gasteiger charge is 2.31. The van der Waals surface area contributed by atoms with Gasteiger partial charge in [-0.25, -0.2) is 17.5 Å². The highest BCUT2D eigenvalue weighted by molar-refractivity contribution is 7.99. The van der Waals surface area contributed by atoms with Gasteiger partial charge in [-0.2, -0.15) is 11.8 Å². The third-order valence-electron chi connectivity index (χ3n) is 3.53. The second-order valence-electron chi connectivity index (χ2n) is 4.86. The minimum absolute atomic E-state index is 0.146. The van der Waals surface area contributed by atoms with Crippen molar-refractivity contribution in [3.63, 3.8) is 0 Å². The fourth-order valence-electron chi connectivity index (χ4n) is 2.47. The second kappa shape index (κ2) is 6.43. The lowest BCUT2D eigenvalue weighted by Gasteiger charge is -2.19. The SMILES string of the molecule is CSC1CCCC1NS(=O)(=O)c1ccc(CO)cc1F. The highest BCUT2D eigenvalue weighted by Crippen LogP contribution is 2.29. The van der Waals surface area contributed by atoms with Gasteiger partial charge in [0.25, 0.3) is 0 Å². The van der Waals surface area contributed by atoms with Gasteiger partial charge >= 0.3 is 0 Å². The Kier molecular flexibility index (Phi) is 5.06. The van der Waals surface area contributed by atoms with E-state index in [-0.39, 0.29) is 22.8 Å². The number of aliphatic hydroxyl groups is 1. The number of halogens is 1. The van der Waals surface area contributed by atoms with Crippen molar-refractivity contribution in [1.29, 1.82) is 0 Å². The first-order valence-electron chi connectivity index (χ1n) is 6.42. The third kappa shape index (κ3) is 3.33. The molecule has 0 aliphatic heterocycles. The minimum atomic E-state index is -3.86. The van der Waals surface area contributed by atoms with E-state index >= 15 is 0 Å². The molecule has 1 aromatic carbocycles. The molecule has 1 aliphatic rings. The first-order valence-corrected chi connectivity index (χ1v) is 9.19. The van der Waals surface area contributed by atoms with Gasteiger partial charge in [0, 0.05) is 11.3 Å². The Balaban J connectivity index is 2.22. The number of benzene rings is 1. The predicted molar refractivity (Wildman–Crippen MR) is 77.6 cm³/mol. The summed E-state index contributed by atoms with van der Waals surface area (Å²) >= 11 is 1.63. The fraction of sp³-hybridized carbons (Fsp3) is 0.538. The van der Waals surface area contributed by atoms with Crippen LogP contribution in [-0.4, -0.2) is 31.1 Å². The predicted octanol–water partition coefficient (Wildman–Crippen LogP) is 1.88. The Hall–Kier alpha value is -0.630. The van der Waals surface area contributed by atoms with Gasteiger partial charge in [0.1, 0.15) is 10.7 Å². The Morgan fingerprint density at radius 2 is 2.20 bits per heavy atom. The van der Waals surface area contributed by atoms with Crippen LogP contribution in [-0.2, 0) is 16.6 Å². The molecule has 1 fully saturated rings. The summed E-state index contributed by atoms with van der Waals surface area (Å²) in [5.74, 6) is -0.831. The van der Waals surface area contributed by atoms with Gasteiger partial charge in [-0.1, -0.05) is 12.5 Å². The van der Waals surface area contributed by atoms with Crippen LogP contribution in [0.3, 0.4) is 0 Å². The van der Waals surface area contributed by atoms with Gasteiger partial charge in [-0.3, -0.25) is 0 Å². The molecule has 0 aromatic heterocycles. The largest absolute Gasteiger partial charge is 0.392 e. The monoisotopic (exact) mass is 319 g/mol. The van der Waals surface area contributed by atoms with Gasteiger partial charge in [-0.05, 0) is 36.8 Å². The third-order valence-corrected chi connectivity index (χ3v) is 6.22. The maximum atomic E-state index is 13.9. The van der Waals surface area contributed by atoms with Crippen molar-refractivity contribution in [3.05, 3.63) is 29.6 Å². The van der Waals surface area contributed by atoms with Crippen molar-refractivity contribution < 1.29 is 17.9 Å². The fourth-order valence-corrected chi connectivity index (χ4v) is 4.86. The number of rotatable bonds is 5. The number of hydrogen-bond acceptors (Lipinski definition) is 4. The van der Waals surface area contributed by atoms with Crippen molar-refractivity contribution in [3.8, 4) is 0 Å². The van der Waals surface area contributed by atoms with Crippen molar-refractivity contribution in [2.45, 2.75) is 42.1 Å². The molecule has 1 aromatic rings. The van der Waals surface area contributed by atoms with Crippen LogP contribution in [0.25, 0.3) is 0 Å². The summed E-state index contributed by atoms with van der Waals surface area (Å²) in [7, 11) is -3.86. The average molecular weight is 319 g/mol. The number of sulfonamides is 1. The van der Waals surface area contributed by atoms with Gasteiger partial charge in [0.05, 0.1) is 6.61 Å². The van der Waals surface area contributed by atoms with Crippen molar-refractivity contribution >= 4 is 21.8 Å². The van der Waals surface area contributed by atoms with E-state index in [1.165, 1.54) is 12.1 Å². The average Bonchev–Trinajstić information content (AvgIpc) is 2.84. The molecule has 2 N–H and O–H groups in total. The van der Waals surface area contributed by atoms with Crippen molar-refractivity contribution in [1.82, 2.24) is 4.72 Å². The molecule has 112 valence electrons. The summed E-state index contributed by atoms with van der Waals surface area (Å²) in [6.45, 7) is -0.318. The van der Waals surface area contributed by atoms with Crippen LogP contribution in [0.1, 0.15) is 24.8 Å². The molecule has 2 unspecified atom stereocenters. The molecule has 0 bridgehead atoms. The van der Waals surface area contributed by atoms with Crippen LogP contribution in [0.4, 0.5) is 4.39 Å². The van der Waals surface area contributed by atoms with Crippen LogP contribution < -0.4 is 4.72 Å². The number of hydrogen-bond donors (Lipinski definition) is 2. The van der Waals surface area contributed by atoms with Gasteiger partial charge in [0.15, 0.2) is 0 Å². The first kappa shape index (κ1) is 15.8. The lowest BCUT2D eigenvalue weighted by Crippen LogP contribution is -2.38. The summed E-state index contributed by atoms with van der Waals surface area (Å²) < 4.78 is 40.9. The molecule has 2 rings (SSSR count). The summed E-state index contributed by atoms with van der Waals surface area (Å²) in [4.78, 5) is -0.360. The number of thioether (sulfide) groups is 1. The molecule has 2 atom stereocenters. The van der Waals surface area contributed by atoms with Gasteiger partial charge < -0.3 is 5.11 Å². The molecule has 0 radical (unpaired) electrons. The topological polar surface area (TPSA) is 66.4 Å². The van der Waals surface area contributed by atoms with Crippen molar-refractivity contribution in [2.75, 3.05) is 6.26 Å². The van der Waals surface area contributed by atoms with Crippen LogP contribution in [0.5, 0.6) is 0 Å². The Morgan fingerprint density at radius 3 is 2.80 bits per heavy atom. The zero-order valence-electron chi connectivity index (χ0n) is 11.2. The Morgan fingerprint density at radius 1 is 1.45 bits per heavy atom. The number of aliphatic hydroxyl groups excluding tert-OH is 1. The van der Waals surface area contributed by atoms with E-state index in [1.54, 1.807) is 11.8 Å². The highest BCUT2D eigenvalue weighted by atomic mass is 32.2. The van der Waals surface area contributed by atoms with E-state index in [9.17, 15) is 12.8 Å². The van der Waals surface area contributed by atoms with E-state index in [0.717, 1.165) is 25.3 Å². The molecule has 1 saturated carbocycles. The molecule has 0 spiro atoms. The lowest BCUT2D eigenvalue weighted by atomic mass is 10.2. The molecule has 0 heterocycles. The quantitative estimate of drug-likeness (QED) is 0.870. The van der Waals surface area contributed by atoms with E-state index in [2.05, 4.69) is 4.72 Å². The zero-order valence-corrected chi connectivity index (χ0v) is 12.8. The normalized spacial score (nSPS) is 23.1. The van der Waals surface area contributed by atoms with Crippen LogP contribution >= 0.6 is 11.8 Å². The molecule has 20 heavy (non-hydrogen) atoms. The second-order valence-corrected chi connectivity index (χ2v) is 7.62. The summed E-state index contributed by atoms with van der Waals surface area (Å²) in [6.07, 6.45) is 4.68. The van der Waals surface area contributed by atoms with Crippen LogP contribution in [0.2, 0.25) is 0 Å². The summed E-state index contributed by atoms with van der Waals surface area (Å²) in [6, 6.07) is 3.52. The lowest BCUT2D eigenvalue weighted by molar-refractivity contribution is 0.281. The molecular weight excluding hydrogens is 301 g/mol. The number of nitrogens with one attached hydrogen (secondary N) is 1. The molecular formula is C13H18FNO3S2. The molecule has 0 amide bonds. The maximum absolute atomic E-state index is 13.9. The van der Waals surface area contributed by atoms with Crippen LogP contribution in [0, 0.1) is 5.82 Å².